The van der Waals surface area contributed by atoms with Gasteiger partial charge in [0.05, 0.1) is 17.4 Å². The summed E-state index contributed by atoms with van der Waals surface area (Å²) in [5.41, 5.74) is 0.156. The topological polar surface area (TPSA) is 95.9 Å². The molecule has 6 nitrogen and oxygen atoms in total. The Bertz CT molecular complexity index is 472. The number of anilines is 1. The molecule has 0 saturated heterocycles. The maximum Gasteiger partial charge on any atom is 0.335 e. The molecule has 3 N–H and O–H groups in total. The minimum Gasteiger partial charge on any atom is -0.506 e. The third kappa shape index (κ3) is 4.59. The first-order valence-electron chi connectivity index (χ1n) is 5.83. The summed E-state index contributed by atoms with van der Waals surface area (Å²) in [4.78, 5) is 22.3. The maximum absolute atomic E-state index is 11.6. The van der Waals surface area contributed by atoms with E-state index in [9.17, 15) is 14.7 Å². The molecular weight excluding hydrogens is 250 g/mol. The second-order valence-corrected chi connectivity index (χ2v) is 4.17. The predicted octanol–water partition coefficient (Wildman–Crippen LogP) is 1.84. The van der Waals surface area contributed by atoms with E-state index in [1.54, 1.807) is 7.11 Å². The highest BCUT2D eigenvalue weighted by molar-refractivity contribution is 5.94. The zero-order valence-electron chi connectivity index (χ0n) is 10.8. The number of methoxy groups -OCH3 is 1. The second kappa shape index (κ2) is 6.75. The Morgan fingerprint density at radius 3 is 2.63 bits per heavy atom. The van der Waals surface area contributed by atoms with Crippen LogP contribution >= 0.6 is 0 Å². The Labute approximate surface area is 111 Å². The Balaban J connectivity index is 2.62. The quantitative estimate of drug-likeness (QED) is 0.683. The van der Waals surface area contributed by atoms with Gasteiger partial charge >= 0.3 is 5.97 Å². The molecule has 0 saturated carbocycles. The number of hydrogen-bond acceptors (Lipinski definition) is 4. The van der Waals surface area contributed by atoms with Gasteiger partial charge in [0.15, 0.2) is 0 Å². The van der Waals surface area contributed by atoms with Crippen LogP contribution < -0.4 is 5.32 Å². The van der Waals surface area contributed by atoms with Gasteiger partial charge in [0.25, 0.3) is 0 Å². The fourth-order valence-corrected chi connectivity index (χ4v) is 1.44. The van der Waals surface area contributed by atoms with Crippen LogP contribution in [-0.4, -0.2) is 35.3 Å². The molecule has 0 aliphatic heterocycles. The van der Waals surface area contributed by atoms with Crippen LogP contribution in [-0.2, 0) is 9.53 Å². The van der Waals surface area contributed by atoms with Gasteiger partial charge in [-0.3, -0.25) is 4.79 Å². The number of phenolic OH excluding ortho intramolecular Hbond substituents is 1. The number of nitrogens with one attached hydrogen (secondary N) is 1. The van der Waals surface area contributed by atoms with Crippen LogP contribution in [0.3, 0.4) is 0 Å². The maximum atomic E-state index is 11.6. The number of ether oxygens (including phenoxy) is 1. The summed E-state index contributed by atoms with van der Waals surface area (Å²) in [7, 11) is 1.57. The fraction of sp³-hybridized carbons (Fsp3) is 0.385. The summed E-state index contributed by atoms with van der Waals surface area (Å²) in [5.74, 6) is -1.67. The number of carbonyl (C=O) groups is 2. The molecule has 6 heteroatoms. The monoisotopic (exact) mass is 267 g/mol. The number of carbonyl (C=O) groups excluding carboxylic acids is 1. The molecule has 1 atom stereocenters. The number of phenols is 1. The highest BCUT2D eigenvalue weighted by atomic mass is 16.5. The number of aromatic carboxylic acids is 1. The number of hydrogen-bond donors (Lipinski definition) is 3. The summed E-state index contributed by atoms with van der Waals surface area (Å²) < 4.78 is 5.02. The molecule has 1 aromatic rings. The van der Waals surface area contributed by atoms with Gasteiger partial charge in [0.2, 0.25) is 5.91 Å². The number of carboxylic acids is 1. The van der Waals surface area contributed by atoms with Crippen molar-refractivity contribution >= 4 is 17.6 Å². The van der Waals surface area contributed by atoms with E-state index in [0.29, 0.717) is 6.42 Å². The van der Waals surface area contributed by atoms with Gasteiger partial charge in [-0.25, -0.2) is 4.79 Å². The molecule has 1 unspecified atom stereocenters. The first kappa shape index (κ1) is 15.0. The molecule has 0 aliphatic rings. The molecule has 0 bridgehead atoms. The number of aromatic hydroxyl groups is 1. The number of amides is 1. The Kier molecular flexibility index (Phi) is 5.32. The van der Waals surface area contributed by atoms with Crippen molar-refractivity contribution in [1.82, 2.24) is 0 Å². The number of rotatable bonds is 6. The average molecular weight is 267 g/mol. The molecular formula is C13H17NO5. The van der Waals surface area contributed by atoms with E-state index in [4.69, 9.17) is 9.84 Å². The van der Waals surface area contributed by atoms with Crippen LogP contribution in [0.15, 0.2) is 18.2 Å². The number of benzene rings is 1. The molecule has 0 spiro atoms. The van der Waals surface area contributed by atoms with E-state index in [-0.39, 0.29) is 35.4 Å². The van der Waals surface area contributed by atoms with Gasteiger partial charge < -0.3 is 20.3 Å². The lowest BCUT2D eigenvalue weighted by Crippen LogP contribution is -2.15. The molecule has 0 aliphatic carbocycles. The molecule has 19 heavy (non-hydrogen) atoms. The summed E-state index contributed by atoms with van der Waals surface area (Å²) in [6.45, 7) is 1.85. The Hall–Kier alpha value is -2.08. The van der Waals surface area contributed by atoms with Crippen molar-refractivity contribution in [1.29, 1.82) is 0 Å². The lowest BCUT2D eigenvalue weighted by Gasteiger charge is -2.10. The molecule has 0 fully saturated rings. The summed E-state index contributed by atoms with van der Waals surface area (Å²) in [5, 5.41) is 20.9. The van der Waals surface area contributed by atoms with E-state index in [0.717, 1.165) is 6.07 Å². The minimum absolute atomic E-state index is 0.0197. The first-order valence-corrected chi connectivity index (χ1v) is 5.83. The zero-order chi connectivity index (χ0) is 14.4. The van der Waals surface area contributed by atoms with E-state index < -0.39 is 5.97 Å². The lowest BCUT2D eigenvalue weighted by atomic mass is 10.1. The highest BCUT2D eigenvalue weighted by Crippen LogP contribution is 2.24. The zero-order valence-corrected chi connectivity index (χ0v) is 10.8. The third-order valence-corrected chi connectivity index (χ3v) is 2.70. The van der Waals surface area contributed by atoms with Gasteiger partial charge in [-0.15, -0.1) is 0 Å². The van der Waals surface area contributed by atoms with Gasteiger partial charge in [0.1, 0.15) is 5.75 Å². The molecule has 0 radical (unpaired) electrons. The largest absolute Gasteiger partial charge is 0.506 e. The lowest BCUT2D eigenvalue weighted by molar-refractivity contribution is -0.116. The second-order valence-electron chi connectivity index (χ2n) is 4.17. The first-order chi connectivity index (χ1) is 8.93. The highest BCUT2D eigenvalue weighted by Gasteiger charge is 2.11. The predicted molar refractivity (Wildman–Crippen MR) is 69.4 cm³/mol. The van der Waals surface area contributed by atoms with Gasteiger partial charge in [-0.05, 0) is 31.5 Å². The van der Waals surface area contributed by atoms with Crippen molar-refractivity contribution in [3.63, 3.8) is 0 Å². The third-order valence-electron chi connectivity index (χ3n) is 2.70. The fourth-order valence-electron chi connectivity index (χ4n) is 1.44. The van der Waals surface area contributed by atoms with Crippen molar-refractivity contribution in [3.05, 3.63) is 23.8 Å². The molecule has 0 heterocycles. The molecule has 0 aromatic heterocycles. The van der Waals surface area contributed by atoms with Crippen LogP contribution in [0.2, 0.25) is 0 Å². The van der Waals surface area contributed by atoms with E-state index >= 15 is 0 Å². The van der Waals surface area contributed by atoms with Crippen molar-refractivity contribution in [2.75, 3.05) is 12.4 Å². The number of carboxylic acid groups (broad SMARTS) is 1. The van der Waals surface area contributed by atoms with Gasteiger partial charge in [0, 0.05) is 13.5 Å². The normalized spacial score (nSPS) is 11.9. The average Bonchev–Trinajstić information content (AvgIpc) is 2.38. The summed E-state index contributed by atoms with van der Waals surface area (Å²) in [6.07, 6.45) is 0.805. The van der Waals surface area contributed by atoms with Crippen LogP contribution in [0.5, 0.6) is 5.75 Å². The van der Waals surface area contributed by atoms with E-state index in [1.807, 2.05) is 6.92 Å². The Morgan fingerprint density at radius 2 is 2.11 bits per heavy atom. The van der Waals surface area contributed by atoms with Crippen molar-refractivity contribution in [2.24, 2.45) is 0 Å². The smallest absolute Gasteiger partial charge is 0.335 e. The van der Waals surface area contributed by atoms with Crippen LogP contribution in [0.1, 0.15) is 30.1 Å². The van der Waals surface area contributed by atoms with Gasteiger partial charge in [-0.1, -0.05) is 0 Å². The molecule has 1 rings (SSSR count). The van der Waals surface area contributed by atoms with Crippen LogP contribution in [0.4, 0.5) is 5.69 Å². The van der Waals surface area contributed by atoms with Crippen molar-refractivity contribution in [2.45, 2.75) is 25.9 Å². The summed E-state index contributed by atoms with van der Waals surface area (Å²) in [6, 6.07) is 3.77. The molecule has 1 amide bonds. The van der Waals surface area contributed by atoms with E-state index in [1.165, 1.54) is 12.1 Å². The molecule has 104 valence electrons. The SMILES string of the molecule is COC(C)CCC(=O)Nc1ccc(C(=O)O)cc1O. The van der Waals surface area contributed by atoms with Crippen molar-refractivity contribution in [3.8, 4) is 5.75 Å². The van der Waals surface area contributed by atoms with Crippen molar-refractivity contribution < 1.29 is 24.5 Å². The summed E-state index contributed by atoms with van der Waals surface area (Å²) >= 11 is 0. The van der Waals surface area contributed by atoms with Crippen LogP contribution in [0, 0.1) is 0 Å². The van der Waals surface area contributed by atoms with E-state index in [2.05, 4.69) is 5.32 Å². The minimum atomic E-state index is -1.14. The Morgan fingerprint density at radius 1 is 1.42 bits per heavy atom. The van der Waals surface area contributed by atoms with Crippen LogP contribution in [0.25, 0.3) is 0 Å². The molecule has 1 aromatic carbocycles. The van der Waals surface area contributed by atoms with Gasteiger partial charge in [-0.2, -0.15) is 0 Å². The standard InChI is InChI=1S/C13H17NO5/c1-8(19-2)3-6-12(16)14-10-5-4-9(13(17)18)7-11(10)15/h4-5,7-8,15H,3,6H2,1-2H3,(H,14,16)(H,17,18).